The Morgan fingerprint density at radius 2 is 1.40 bits per heavy atom. The summed E-state index contributed by atoms with van der Waals surface area (Å²) in [6.07, 6.45) is 3.68. The number of pyridine rings is 1. The minimum Gasteiger partial charge on any atom is -0.457 e. The van der Waals surface area contributed by atoms with Crippen molar-refractivity contribution in [3.8, 4) is 23.1 Å². The zero-order valence-corrected chi connectivity index (χ0v) is 20.2. The number of amides is 1. The fraction of sp³-hybridized carbons (Fsp3) is 0.357. The standard InChI is InChI=1S/C28H32N4O3/c1-30-17-19-31(20-18-30)23-13-15-32(16-14-23)28(33)22-7-12-27(29-21-22)35-26-10-8-25(9-11-26)34-24-5-3-2-4-6-24/h2-12,21,23H,13-20H2,1H3. The number of nitrogens with zero attached hydrogens (tertiary/aromatic N) is 4. The van der Waals surface area contributed by atoms with Crippen molar-refractivity contribution < 1.29 is 14.3 Å². The second-order valence-corrected chi connectivity index (χ2v) is 9.24. The Morgan fingerprint density at radius 3 is 2.03 bits per heavy atom. The average Bonchev–Trinajstić information content (AvgIpc) is 2.91. The van der Waals surface area contributed by atoms with Crippen molar-refractivity contribution in [1.82, 2.24) is 19.7 Å². The van der Waals surface area contributed by atoms with Crippen LogP contribution in [-0.2, 0) is 0 Å². The Morgan fingerprint density at radius 1 is 0.771 bits per heavy atom. The molecule has 2 fully saturated rings. The first-order valence-corrected chi connectivity index (χ1v) is 12.3. The summed E-state index contributed by atoms with van der Waals surface area (Å²) in [5.74, 6) is 2.67. The zero-order chi connectivity index (χ0) is 24.0. The maximum atomic E-state index is 13.0. The monoisotopic (exact) mass is 472 g/mol. The van der Waals surface area contributed by atoms with Gasteiger partial charge in [0, 0.05) is 57.6 Å². The Hall–Kier alpha value is -3.42. The Labute approximate surface area is 206 Å². The van der Waals surface area contributed by atoms with E-state index in [1.807, 2.05) is 59.5 Å². The lowest BCUT2D eigenvalue weighted by atomic mass is 10.0. The Kier molecular flexibility index (Phi) is 7.25. The van der Waals surface area contributed by atoms with Crippen molar-refractivity contribution in [3.63, 3.8) is 0 Å². The highest BCUT2D eigenvalue weighted by Gasteiger charge is 2.28. The fourth-order valence-electron chi connectivity index (χ4n) is 4.69. The molecule has 2 saturated heterocycles. The number of likely N-dealkylation sites (N-methyl/N-ethyl adjacent to an activating group) is 1. The van der Waals surface area contributed by atoms with Crippen LogP contribution in [0.4, 0.5) is 0 Å². The van der Waals surface area contributed by atoms with Crippen LogP contribution in [0.2, 0.25) is 0 Å². The second-order valence-electron chi connectivity index (χ2n) is 9.24. The summed E-state index contributed by atoms with van der Waals surface area (Å²) in [5.41, 5.74) is 0.599. The van der Waals surface area contributed by atoms with Gasteiger partial charge in [0.05, 0.1) is 5.56 Å². The van der Waals surface area contributed by atoms with Crippen molar-refractivity contribution >= 4 is 5.91 Å². The number of piperidine rings is 1. The van der Waals surface area contributed by atoms with Gasteiger partial charge in [-0.3, -0.25) is 9.69 Å². The third-order valence-corrected chi connectivity index (χ3v) is 6.81. The van der Waals surface area contributed by atoms with Crippen LogP contribution in [-0.4, -0.2) is 77.9 Å². The molecule has 2 aromatic carbocycles. The van der Waals surface area contributed by atoms with Gasteiger partial charge in [-0.25, -0.2) is 4.98 Å². The topological polar surface area (TPSA) is 58.1 Å². The number of hydrogen-bond donors (Lipinski definition) is 0. The van der Waals surface area contributed by atoms with Gasteiger partial charge in [-0.2, -0.15) is 0 Å². The molecule has 3 aromatic rings. The van der Waals surface area contributed by atoms with Crippen LogP contribution in [0.25, 0.3) is 0 Å². The van der Waals surface area contributed by atoms with Gasteiger partial charge in [-0.15, -0.1) is 0 Å². The van der Waals surface area contributed by atoms with E-state index in [1.165, 1.54) is 0 Å². The second kappa shape index (κ2) is 10.9. The Balaban J connectivity index is 1.12. The van der Waals surface area contributed by atoms with Crippen molar-refractivity contribution in [2.24, 2.45) is 0 Å². The van der Waals surface area contributed by atoms with Gasteiger partial charge in [0.1, 0.15) is 17.2 Å². The minimum absolute atomic E-state index is 0.0447. The number of carbonyl (C=O) groups excluding carboxylic acids is 1. The quantitative estimate of drug-likeness (QED) is 0.526. The van der Waals surface area contributed by atoms with E-state index in [0.29, 0.717) is 23.2 Å². The predicted octanol–water partition coefficient (Wildman–Crippen LogP) is 4.52. The molecule has 3 heterocycles. The third kappa shape index (κ3) is 5.99. The highest BCUT2D eigenvalue weighted by Crippen LogP contribution is 2.26. The smallest absolute Gasteiger partial charge is 0.255 e. The average molecular weight is 473 g/mol. The van der Waals surface area contributed by atoms with Crippen molar-refractivity contribution in [2.45, 2.75) is 18.9 Å². The summed E-state index contributed by atoms with van der Waals surface area (Å²) < 4.78 is 11.7. The number of para-hydroxylation sites is 1. The maximum Gasteiger partial charge on any atom is 0.255 e. The van der Waals surface area contributed by atoms with Gasteiger partial charge in [0.25, 0.3) is 5.91 Å². The molecule has 1 aromatic heterocycles. The third-order valence-electron chi connectivity index (χ3n) is 6.81. The predicted molar refractivity (Wildman–Crippen MR) is 135 cm³/mol. The highest BCUT2D eigenvalue weighted by atomic mass is 16.5. The summed E-state index contributed by atoms with van der Waals surface area (Å²) >= 11 is 0. The lowest BCUT2D eigenvalue weighted by Gasteiger charge is -2.42. The molecule has 0 radical (unpaired) electrons. The largest absolute Gasteiger partial charge is 0.457 e. The summed E-state index contributed by atoms with van der Waals surface area (Å²) in [6.45, 7) is 6.11. The van der Waals surface area contributed by atoms with Crippen LogP contribution in [0.15, 0.2) is 72.9 Å². The van der Waals surface area contributed by atoms with E-state index in [2.05, 4.69) is 21.8 Å². The number of benzene rings is 2. The fourth-order valence-corrected chi connectivity index (χ4v) is 4.69. The number of aromatic nitrogens is 1. The van der Waals surface area contributed by atoms with E-state index in [4.69, 9.17) is 9.47 Å². The molecule has 1 amide bonds. The van der Waals surface area contributed by atoms with Crippen molar-refractivity contribution in [2.75, 3.05) is 46.3 Å². The van der Waals surface area contributed by atoms with E-state index in [9.17, 15) is 4.79 Å². The van der Waals surface area contributed by atoms with Gasteiger partial charge < -0.3 is 19.3 Å². The normalized spacial score (nSPS) is 17.8. The van der Waals surface area contributed by atoms with Crippen molar-refractivity contribution in [1.29, 1.82) is 0 Å². The lowest BCUT2D eigenvalue weighted by Crippen LogP contribution is -2.52. The van der Waals surface area contributed by atoms with Crippen LogP contribution in [0.3, 0.4) is 0 Å². The first kappa shape index (κ1) is 23.3. The molecule has 0 N–H and O–H groups in total. The number of ether oxygens (including phenoxy) is 2. The van der Waals surface area contributed by atoms with Gasteiger partial charge in [-0.05, 0) is 62.4 Å². The molecule has 0 spiro atoms. The first-order chi connectivity index (χ1) is 17.1. The molecule has 0 aliphatic carbocycles. The van der Waals surface area contributed by atoms with Crippen LogP contribution >= 0.6 is 0 Å². The van der Waals surface area contributed by atoms with E-state index in [-0.39, 0.29) is 5.91 Å². The SMILES string of the molecule is CN1CCN(C2CCN(C(=O)c3ccc(Oc4ccc(Oc5ccccc5)cc4)nc3)CC2)CC1. The summed E-state index contributed by atoms with van der Waals surface area (Å²) in [6, 6.07) is 21.2. The number of hydrogen-bond acceptors (Lipinski definition) is 6. The molecule has 0 unspecified atom stereocenters. The van der Waals surface area contributed by atoms with Gasteiger partial charge in [0.15, 0.2) is 0 Å². The molecule has 2 aliphatic rings. The van der Waals surface area contributed by atoms with E-state index < -0.39 is 0 Å². The van der Waals surface area contributed by atoms with Crippen LogP contribution in [0.1, 0.15) is 23.2 Å². The van der Waals surface area contributed by atoms with E-state index in [0.717, 1.165) is 63.6 Å². The van der Waals surface area contributed by atoms with Gasteiger partial charge in [-0.1, -0.05) is 18.2 Å². The van der Waals surface area contributed by atoms with Crippen LogP contribution in [0, 0.1) is 0 Å². The number of rotatable bonds is 6. The maximum absolute atomic E-state index is 13.0. The number of likely N-dealkylation sites (tertiary alicyclic amines) is 1. The molecule has 0 saturated carbocycles. The molecule has 2 aliphatic heterocycles. The molecule has 0 atom stereocenters. The zero-order valence-electron chi connectivity index (χ0n) is 20.2. The summed E-state index contributed by atoms with van der Waals surface area (Å²) in [7, 11) is 2.18. The summed E-state index contributed by atoms with van der Waals surface area (Å²) in [5, 5.41) is 0. The highest BCUT2D eigenvalue weighted by molar-refractivity contribution is 5.94. The molecule has 7 heteroatoms. The molecule has 182 valence electrons. The first-order valence-electron chi connectivity index (χ1n) is 12.3. The molecule has 7 nitrogen and oxygen atoms in total. The summed E-state index contributed by atoms with van der Waals surface area (Å²) in [4.78, 5) is 24.3. The van der Waals surface area contributed by atoms with Crippen molar-refractivity contribution in [3.05, 3.63) is 78.5 Å². The molecule has 5 rings (SSSR count). The number of piperazine rings is 1. The Bertz CT molecular complexity index is 1090. The van der Waals surface area contributed by atoms with Crippen LogP contribution in [0.5, 0.6) is 23.1 Å². The molecular weight excluding hydrogens is 440 g/mol. The molecule has 35 heavy (non-hydrogen) atoms. The lowest BCUT2D eigenvalue weighted by molar-refractivity contribution is 0.0518. The van der Waals surface area contributed by atoms with Crippen LogP contribution < -0.4 is 9.47 Å². The molecule has 0 bridgehead atoms. The minimum atomic E-state index is 0.0447. The van der Waals surface area contributed by atoms with E-state index in [1.54, 1.807) is 18.3 Å². The van der Waals surface area contributed by atoms with Gasteiger partial charge >= 0.3 is 0 Å². The molecular formula is C28H32N4O3. The van der Waals surface area contributed by atoms with E-state index >= 15 is 0 Å². The van der Waals surface area contributed by atoms with Gasteiger partial charge in [0.2, 0.25) is 5.88 Å². The number of carbonyl (C=O) groups is 1.